The minimum atomic E-state index is -0.0448. The lowest BCUT2D eigenvalue weighted by Gasteiger charge is -2.40. The van der Waals surface area contributed by atoms with E-state index in [4.69, 9.17) is 14.6 Å². The summed E-state index contributed by atoms with van der Waals surface area (Å²) in [4.78, 5) is 0. The Bertz CT molecular complexity index is 786. The van der Waals surface area contributed by atoms with Crippen molar-refractivity contribution >= 4 is 5.71 Å². The zero-order chi connectivity index (χ0) is 17.4. The summed E-state index contributed by atoms with van der Waals surface area (Å²) in [5.74, 6) is 2.19. The van der Waals surface area contributed by atoms with Crippen molar-refractivity contribution in [2.75, 3.05) is 6.61 Å². The van der Waals surface area contributed by atoms with Gasteiger partial charge in [-0.2, -0.15) is 5.10 Å². The number of ether oxygens (including phenoxy) is 2. The number of fused-ring (bicyclic) bond motifs is 3. The molecule has 2 heterocycles. The lowest BCUT2D eigenvalue weighted by Crippen LogP contribution is -2.43. The fraction of sp³-hybridized carbons (Fsp3) is 0.381. The minimum absolute atomic E-state index is 0.0448. The van der Waals surface area contributed by atoms with Gasteiger partial charge in [-0.15, -0.1) is 0 Å². The van der Waals surface area contributed by atoms with Crippen LogP contribution in [-0.4, -0.2) is 23.6 Å². The third-order valence-electron chi connectivity index (χ3n) is 4.78. The van der Waals surface area contributed by atoms with Gasteiger partial charge < -0.3 is 9.47 Å². The molecule has 0 saturated carbocycles. The van der Waals surface area contributed by atoms with E-state index in [1.54, 1.807) is 0 Å². The second kappa shape index (κ2) is 6.43. The van der Waals surface area contributed by atoms with E-state index < -0.39 is 0 Å². The van der Waals surface area contributed by atoms with Gasteiger partial charge in [0.1, 0.15) is 11.5 Å². The van der Waals surface area contributed by atoms with Crippen molar-refractivity contribution in [1.29, 1.82) is 0 Å². The molecule has 0 N–H and O–H groups in total. The smallest absolute Gasteiger partial charge is 0.190 e. The average molecular weight is 336 g/mol. The normalized spacial score (nSPS) is 21.4. The number of hydrogen-bond donors (Lipinski definition) is 0. The van der Waals surface area contributed by atoms with E-state index in [1.807, 2.05) is 25.1 Å². The molecule has 4 rings (SSSR count). The molecule has 130 valence electrons. The van der Waals surface area contributed by atoms with Crippen LogP contribution in [0.1, 0.15) is 44.4 Å². The summed E-state index contributed by atoms with van der Waals surface area (Å²) < 4.78 is 12.0. The maximum absolute atomic E-state index is 6.29. The molecule has 0 bridgehead atoms. The van der Waals surface area contributed by atoms with Crippen LogP contribution in [0.4, 0.5) is 0 Å². The second-order valence-electron chi connectivity index (χ2n) is 6.90. The number of benzene rings is 2. The molecule has 2 aromatic carbocycles. The average Bonchev–Trinajstić information content (AvgIpc) is 3.07. The summed E-state index contributed by atoms with van der Waals surface area (Å²) in [6.07, 6.45) is 0.843. The summed E-state index contributed by atoms with van der Waals surface area (Å²) in [6.45, 7) is 7.02. The van der Waals surface area contributed by atoms with Crippen molar-refractivity contribution in [3.63, 3.8) is 0 Å². The lowest BCUT2D eigenvalue weighted by atomic mass is 9.95. The highest BCUT2D eigenvalue weighted by Crippen LogP contribution is 2.45. The van der Waals surface area contributed by atoms with E-state index in [0.717, 1.165) is 29.2 Å². The maximum atomic E-state index is 6.29. The first-order chi connectivity index (χ1) is 12.2. The number of rotatable bonds is 4. The predicted octanol–water partition coefficient (Wildman–Crippen LogP) is 4.61. The van der Waals surface area contributed by atoms with Crippen LogP contribution in [0.2, 0.25) is 0 Å². The number of nitrogens with zero attached hydrogens (tertiary/aromatic N) is 2. The molecular weight excluding hydrogens is 312 g/mol. The number of hydrazone groups is 1. The van der Waals surface area contributed by atoms with E-state index in [0.29, 0.717) is 12.5 Å². The monoisotopic (exact) mass is 336 g/mol. The van der Waals surface area contributed by atoms with Crippen molar-refractivity contribution in [2.24, 2.45) is 11.0 Å². The molecule has 2 atom stereocenters. The van der Waals surface area contributed by atoms with Gasteiger partial charge in [-0.25, -0.2) is 5.01 Å². The molecule has 0 saturated heterocycles. The van der Waals surface area contributed by atoms with Crippen LogP contribution in [-0.2, 0) is 0 Å². The van der Waals surface area contributed by atoms with Gasteiger partial charge in [0.2, 0.25) is 0 Å². The third-order valence-corrected chi connectivity index (χ3v) is 4.78. The van der Waals surface area contributed by atoms with Gasteiger partial charge in [0, 0.05) is 17.9 Å². The van der Waals surface area contributed by atoms with Crippen LogP contribution in [0.3, 0.4) is 0 Å². The molecule has 2 aliphatic rings. The Hall–Kier alpha value is -2.49. The quantitative estimate of drug-likeness (QED) is 0.817. The Morgan fingerprint density at radius 1 is 1.20 bits per heavy atom. The molecule has 0 amide bonds. The van der Waals surface area contributed by atoms with Gasteiger partial charge in [-0.1, -0.05) is 44.2 Å². The fourth-order valence-corrected chi connectivity index (χ4v) is 3.60. The first-order valence-corrected chi connectivity index (χ1v) is 9.02. The van der Waals surface area contributed by atoms with Gasteiger partial charge in [-0.3, -0.25) is 0 Å². The van der Waals surface area contributed by atoms with Crippen molar-refractivity contribution in [3.05, 3.63) is 59.7 Å². The topological polar surface area (TPSA) is 34.1 Å². The van der Waals surface area contributed by atoms with Crippen molar-refractivity contribution < 1.29 is 9.47 Å². The zero-order valence-corrected chi connectivity index (χ0v) is 15.0. The minimum Gasteiger partial charge on any atom is -0.494 e. The standard InChI is InChI=1S/C21H24N2O2/c1-4-24-16-10-11-20-17(12-16)19-13-18(15-8-6-5-7-9-15)22-23(19)21(25-20)14(2)3/h5-12,14,19,21H,4,13H2,1-3H3/t19-,21-/m1/s1. The molecule has 0 fully saturated rings. The van der Waals surface area contributed by atoms with Crippen molar-refractivity contribution in [1.82, 2.24) is 5.01 Å². The highest BCUT2D eigenvalue weighted by molar-refractivity contribution is 6.01. The van der Waals surface area contributed by atoms with Gasteiger partial charge in [0.05, 0.1) is 18.4 Å². The predicted molar refractivity (Wildman–Crippen MR) is 99.0 cm³/mol. The summed E-state index contributed by atoms with van der Waals surface area (Å²) in [7, 11) is 0. The van der Waals surface area contributed by atoms with Crippen LogP contribution in [0.25, 0.3) is 0 Å². The van der Waals surface area contributed by atoms with Crippen LogP contribution >= 0.6 is 0 Å². The first kappa shape index (κ1) is 16.0. The Morgan fingerprint density at radius 2 is 2.00 bits per heavy atom. The number of hydrogen-bond acceptors (Lipinski definition) is 4. The second-order valence-corrected chi connectivity index (χ2v) is 6.90. The maximum Gasteiger partial charge on any atom is 0.190 e. The Morgan fingerprint density at radius 3 is 2.72 bits per heavy atom. The van der Waals surface area contributed by atoms with E-state index >= 15 is 0 Å². The largest absolute Gasteiger partial charge is 0.494 e. The summed E-state index contributed by atoms with van der Waals surface area (Å²) in [5.41, 5.74) is 3.47. The van der Waals surface area contributed by atoms with Crippen molar-refractivity contribution in [3.8, 4) is 11.5 Å². The van der Waals surface area contributed by atoms with Gasteiger partial charge in [0.15, 0.2) is 6.23 Å². The van der Waals surface area contributed by atoms with Gasteiger partial charge >= 0.3 is 0 Å². The van der Waals surface area contributed by atoms with E-state index in [9.17, 15) is 0 Å². The summed E-state index contributed by atoms with van der Waals surface area (Å²) in [6, 6.07) is 16.7. The molecule has 2 aromatic rings. The molecule has 2 aliphatic heterocycles. The Labute approximate surface area is 149 Å². The highest BCUT2D eigenvalue weighted by atomic mass is 16.5. The molecule has 0 unspecified atom stereocenters. The fourth-order valence-electron chi connectivity index (χ4n) is 3.60. The third kappa shape index (κ3) is 2.86. The first-order valence-electron chi connectivity index (χ1n) is 9.02. The Kier molecular flexibility index (Phi) is 4.12. The molecule has 0 aromatic heterocycles. The molecule has 25 heavy (non-hydrogen) atoms. The van der Waals surface area contributed by atoms with Crippen LogP contribution in [0.5, 0.6) is 11.5 Å². The van der Waals surface area contributed by atoms with Crippen molar-refractivity contribution in [2.45, 2.75) is 39.5 Å². The Balaban J connectivity index is 1.73. The van der Waals surface area contributed by atoms with E-state index in [1.165, 1.54) is 5.56 Å². The van der Waals surface area contributed by atoms with Crippen LogP contribution < -0.4 is 9.47 Å². The SMILES string of the molecule is CCOc1ccc2c(c1)[C@H]1CC(c3ccccc3)=NN1[C@@H](C(C)C)O2. The molecule has 4 heteroatoms. The molecule has 4 nitrogen and oxygen atoms in total. The van der Waals surface area contributed by atoms with E-state index in [-0.39, 0.29) is 12.3 Å². The highest BCUT2D eigenvalue weighted by Gasteiger charge is 2.41. The zero-order valence-electron chi connectivity index (χ0n) is 15.0. The van der Waals surface area contributed by atoms with E-state index in [2.05, 4.69) is 49.2 Å². The summed E-state index contributed by atoms with van der Waals surface area (Å²) >= 11 is 0. The van der Waals surface area contributed by atoms with Gasteiger partial charge in [0.25, 0.3) is 0 Å². The summed E-state index contributed by atoms with van der Waals surface area (Å²) in [5, 5.41) is 7.09. The molecular formula is C21H24N2O2. The van der Waals surface area contributed by atoms with Crippen LogP contribution in [0.15, 0.2) is 53.6 Å². The van der Waals surface area contributed by atoms with Crippen LogP contribution in [0, 0.1) is 5.92 Å². The molecule has 0 aliphatic carbocycles. The molecule has 0 spiro atoms. The molecule has 0 radical (unpaired) electrons. The lowest BCUT2D eigenvalue weighted by molar-refractivity contribution is -0.0462. The van der Waals surface area contributed by atoms with Gasteiger partial charge in [-0.05, 0) is 30.7 Å².